The Balaban J connectivity index is 2.79. The van der Waals surface area contributed by atoms with Gasteiger partial charge in [0.15, 0.2) is 5.75 Å². The first kappa shape index (κ1) is 15.3. The molecule has 1 N–H and O–H groups in total. The minimum absolute atomic E-state index is 0.0643. The van der Waals surface area contributed by atoms with Crippen LogP contribution in [-0.4, -0.2) is 13.2 Å². The summed E-state index contributed by atoms with van der Waals surface area (Å²) in [7, 11) is 0. The number of alkyl halides is 2. The molecule has 18 heavy (non-hydrogen) atoms. The molecule has 0 spiro atoms. The molecule has 0 bridgehead atoms. The molecule has 2 nitrogen and oxygen atoms in total. The number of hydrogen-bond donors (Lipinski definition) is 1. The molecule has 1 rings (SSSR count). The van der Waals surface area contributed by atoms with Gasteiger partial charge in [-0.25, -0.2) is 0 Å². The van der Waals surface area contributed by atoms with Crippen LogP contribution in [0, 0.1) is 5.92 Å². The molecule has 0 aliphatic carbocycles. The average Bonchev–Trinajstić information content (AvgIpc) is 2.30. The van der Waals surface area contributed by atoms with Crippen molar-refractivity contribution in [2.75, 3.05) is 11.9 Å². The third-order valence-electron chi connectivity index (χ3n) is 2.56. The number of benzene rings is 1. The van der Waals surface area contributed by atoms with E-state index in [4.69, 9.17) is 23.2 Å². The molecule has 6 heteroatoms. The van der Waals surface area contributed by atoms with Crippen LogP contribution in [0.2, 0.25) is 10.0 Å². The van der Waals surface area contributed by atoms with Crippen LogP contribution in [0.1, 0.15) is 20.3 Å². The normalized spacial score (nSPS) is 12.6. The van der Waals surface area contributed by atoms with Gasteiger partial charge in [0.1, 0.15) is 0 Å². The van der Waals surface area contributed by atoms with E-state index in [-0.39, 0.29) is 15.8 Å². The van der Waals surface area contributed by atoms with Crippen LogP contribution in [-0.2, 0) is 0 Å². The van der Waals surface area contributed by atoms with E-state index in [1.54, 1.807) is 0 Å². The van der Waals surface area contributed by atoms with Crippen molar-refractivity contribution in [3.63, 3.8) is 0 Å². The van der Waals surface area contributed by atoms with Crippen LogP contribution < -0.4 is 10.1 Å². The summed E-state index contributed by atoms with van der Waals surface area (Å²) in [6, 6.07) is 3.04. The van der Waals surface area contributed by atoms with Crippen molar-refractivity contribution in [2.45, 2.75) is 26.9 Å². The smallest absolute Gasteiger partial charge is 0.387 e. The van der Waals surface area contributed by atoms with E-state index in [2.05, 4.69) is 23.9 Å². The zero-order valence-corrected chi connectivity index (χ0v) is 11.7. The zero-order chi connectivity index (χ0) is 13.7. The summed E-state index contributed by atoms with van der Waals surface area (Å²) in [5, 5.41) is 3.27. The second-order valence-electron chi connectivity index (χ2n) is 4.04. The lowest BCUT2D eigenvalue weighted by Gasteiger charge is -2.14. The van der Waals surface area contributed by atoms with Gasteiger partial charge in [0.25, 0.3) is 0 Å². The van der Waals surface area contributed by atoms with Crippen LogP contribution in [0.3, 0.4) is 0 Å². The van der Waals surface area contributed by atoms with Crippen molar-refractivity contribution in [1.82, 2.24) is 0 Å². The molecule has 0 fully saturated rings. The van der Waals surface area contributed by atoms with Crippen LogP contribution in [0.25, 0.3) is 0 Å². The first-order chi connectivity index (χ1) is 8.43. The predicted molar refractivity (Wildman–Crippen MR) is 71.0 cm³/mol. The lowest BCUT2D eigenvalue weighted by Crippen LogP contribution is -2.10. The summed E-state index contributed by atoms with van der Waals surface area (Å²) >= 11 is 11.7. The van der Waals surface area contributed by atoms with Gasteiger partial charge in [-0.05, 0) is 18.1 Å². The number of rotatable bonds is 6. The molecule has 0 heterocycles. The minimum atomic E-state index is -2.95. The van der Waals surface area contributed by atoms with E-state index < -0.39 is 6.61 Å². The van der Waals surface area contributed by atoms with Gasteiger partial charge < -0.3 is 10.1 Å². The molecule has 1 atom stereocenters. The van der Waals surface area contributed by atoms with Gasteiger partial charge in [-0.1, -0.05) is 43.5 Å². The molecule has 0 aliphatic heterocycles. The standard InChI is InChI=1S/C12H15Cl2F2NO/c1-3-7(2)6-17-8-4-9(13)11(10(14)5-8)18-12(15)16/h4-5,7,12,17H,3,6H2,1-2H3. The Morgan fingerprint density at radius 1 is 1.28 bits per heavy atom. The van der Waals surface area contributed by atoms with Gasteiger partial charge >= 0.3 is 6.61 Å². The van der Waals surface area contributed by atoms with E-state index in [9.17, 15) is 8.78 Å². The maximum Gasteiger partial charge on any atom is 0.387 e. The summed E-state index contributed by atoms with van der Waals surface area (Å²) in [6.45, 7) is 2.01. The molecule has 0 amide bonds. The SMILES string of the molecule is CCC(C)CNc1cc(Cl)c(OC(F)F)c(Cl)c1. The van der Waals surface area contributed by atoms with Crippen molar-refractivity contribution >= 4 is 28.9 Å². The lowest BCUT2D eigenvalue weighted by atomic mass is 10.1. The Kier molecular flexibility index (Phi) is 5.96. The fourth-order valence-corrected chi connectivity index (χ4v) is 1.88. The Hall–Kier alpha value is -0.740. The number of halogens is 4. The summed E-state index contributed by atoms with van der Waals surface area (Å²) in [4.78, 5) is 0. The molecule has 1 unspecified atom stereocenters. The second kappa shape index (κ2) is 7.00. The van der Waals surface area contributed by atoms with E-state index in [1.807, 2.05) is 0 Å². The van der Waals surface area contributed by atoms with Crippen molar-refractivity contribution < 1.29 is 13.5 Å². The van der Waals surface area contributed by atoms with Crippen LogP contribution in [0.4, 0.5) is 14.5 Å². The highest BCUT2D eigenvalue weighted by atomic mass is 35.5. The summed E-state index contributed by atoms with van der Waals surface area (Å²) in [6.07, 6.45) is 1.04. The molecule has 1 aromatic carbocycles. The maximum absolute atomic E-state index is 12.1. The monoisotopic (exact) mass is 297 g/mol. The lowest BCUT2D eigenvalue weighted by molar-refractivity contribution is -0.0497. The third kappa shape index (κ3) is 4.50. The quantitative estimate of drug-likeness (QED) is 0.793. The van der Waals surface area contributed by atoms with Crippen molar-refractivity contribution in [3.05, 3.63) is 22.2 Å². The van der Waals surface area contributed by atoms with E-state index >= 15 is 0 Å². The molecule has 0 aromatic heterocycles. The largest absolute Gasteiger partial charge is 0.432 e. The van der Waals surface area contributed by atoms with Gasteiger partial charge in [0.2, 0.25) is 0 Å². The van der Waals surface area contributed by atoms with Crippen LogP contribution in [0.5, 0.6) is 5.75 Å². The van der Waals surface area contributed by atoms with Gasteiger partial charge in [-0.3, -0.25) is 0 Å². The second-order valence-corrected chi connectivity index (χ2v) is 4.86. The summed E-state index contributed by atoms with van der Waals surface area (Å²) < 4.78 is 28.5. The first-order valence-electron chi connectivity index (χ1n) is 5.61. The molecule has 102 valence electrons. The van der Waals surface area contributed by atoms with Crippen molar-refractivity contribution in [2.24, 2.45) is 5.92 Å². The van der Waals surface area contributed by atoms with Crippen LogP contribution in [0.15, 0.2) is 12.1 Å². The van der Waals surface area contributed by atoms with Gasteiger partial charge in [0.05, 0.1) is 10.0 Å². The molecule has 0 saturated heterocycles. The van der Waals surface area contributed by atoms with E-state index in [0.29, 0.717) is 11.6 Å². The Morgan fingerprint density at radius 2 is 1.83 bits per heavy atom. The van der Waals surface area contributed by atoms with Gasteiger partial charge in [-0.2, -0.15) is 8.78 Å². The first-order valence-corrected chi connectivity index (χ1v) is 6.37. The number of ether oxygens (including phenoxy) is 1. The topological polar surface area (TPSA) is 21.3 Å². The zero-order valence-electron chi connectivity index (χ0n) is 10.1. The highest BCUT2D eigenvalue weighted by molar-refractivity contribution is 6.37. The molecule has 0 radical (unpaired) electrons. The van der Waals surface area contributed by atoms with Gasteiger partial charge in [0, 0.05) is 12.2 Å². The number of anilines is 1. The highest BCUT2D eigenvalue weighted by Crippen LogP contribution is 2.36. The fraction of sp³-hybridized carbons (Fsp3) is 0.500. The Labute approximate surface area is 115 Å². The molecule has 0 aliphatic rings. The summed E-state index contributed by atoms with van der Waals surface area (Å²) in [5.74, 6) is 0.307. The molecule has 1 aromatic rings. The minimum Gasteiger partial charge on any atom is -0.432 e. The Bertz CT molecular complexity index is 379. The fourth-order valence-electron chi connectivity index (χ4n) is 1.30. The summed E-state index contributed by atoms with van der Waals surface area (Å²) in [5.41, 5.74) is 0.687. The highest BCUT2D eigenvalue weighted by Gasteiger charge is 2.14. The van der Waals surface area contributed by atoms with E-state index in [0.717, 1.165) is 13.0 Å². The number of hydrogen-bond acceptors (Lipinski definition) is 2. The third-order valence-corrected chi connectivity index (χ3v) is 3.12. The Morgan fingerprint density at radius 3 is 2.28 bits per heavy atom. The van der Waals surface area contributed by atoms with Gasteiger partial charge in [-0.15, -0.1) is 0 Å². The van der Waals surface area contributed by atoms with Crippen molar-refractivity contribution in [1.29, 1.82) is 0 Å². The molecular weight excluding hydrogens is 283 g/mol. The van der Waals surface area contributed by atoms with E-state index in [1.165, 1.54) is 12.1 Å². The molecule has 0 saturated carbocycles. The molecular formula is C12H15Cl2F2NO. The van der Waals surface area contributed by atoms with Crippen molar-refractivity contribution in [3.8, 4) is 5.75 Å². The predicted octanol–water partition coefficient (Wildman–Crippen LogP) is 5.05. The maximum atomic E-state index is 12.1. The van der Waals surface area contributed by atoms with Crippen LogP contribution >= 0.6 is 23.2 Å². The number of nitrogens with one attached hydrogen (secondary N) is 1. The average molecular weight is 298 g/mol.